The first-order chi connectivity index (χ1) is 8.54. The molecule has 0 aliphatic rings. The molecule has 0 heterocycles. The summed E-state index contributed by atoms with van der Waals surface area (Å²) in [6.45, 7) is 2.37. The van der Waals surface area contributed by atoms with Gasteiger partial charge in [0.15, 0.2) is 0 Å². The summed E-state index contributed by atoms with van der Waals surface area (Å²) in [5, 5.41) is 10.6. The number of rotatable bonds is 6. The number of carbonyl (C=O) groups excluding carboxylic acids is 1. The minimum absolute atomic E-state index is 0.205. The van der Waals surface area contributed by atoms with Gasteiger partial charge in [0.25, 0.3) is 0 Å². The second-order valence-corrected chi connectivity index (χ2v) is 5.23. The number of aliphatic hydroxyl groups is 1. The van der Waals surface area contributed by atoms with E-state index in [1.807, 2.05) is 6.92 Å². The van der Waals surface area contributed by atoms with E-state index < -0.39 is 6.10 Å². The van der Waals surface area contributed by atoms with Gasteiger partial charge in [-0.05, 0) is 30.5 Å². The zero-order valence-corrected chi connectivity index (χ0v) is 12.5. The average molecular weight is 336 g/mol. The lowest BCUT2D eigenvalue weighted by Crippen LogP contribution is -2.08. The Hall–Kier alpha value is -0.580. The molecule has 1 N–H and O–H groups in total. The maximum Gasteiger partial charge on any atom is 0.305 e. The van der Waals surface area contributed by atoms with Crippen LogP contribution in [0.4, 0.5) is 0 Å². The number of esters is 1. The number of aliphatic hydroxyl groups excluding tert-OH is 1. The van der Waals surface area contributed by atoms with E-state index >= 15 is 0 Å². The van der Waals surface area contributed by atoms with Gasteiger partial charge >= 0.3 is 5.97 Å². The molecule has 0 radical (unpaired) electrons. The zero-order valence-electron chi connectivity index (χ0n) is 10.2. The Labute approximate surface area is 120 Å². The quantitative estimate of drug-likeness (QED) is 0.803. The fraction of sp³-hybridized carbons (Fsp3) is 0.462. The highest BCUT2D eigenvalue weighted by Gasteiger charge is 2.14. The number of carbonyl (C=O) groups is 1. The van der Waals surface area contributed by atoms with Crippen molar-refractivity contribution >= 4 is 33.5 Å². The lowest BCUT2D eigenvalue weighted by molar-refractivity contribution is -0.144. The van der Waals surface area contributed by atoms with Gasteiger partial charge in [0.1, 0.15) is 0 Å². The van der Waals surface area contributed by atoms with Crippen LogP contribution in [0.25, 0.3) is 0 Å². The first-order valence-electron chi connectivity index (χ1n) is 5.83. The van der Waals surface area contributed by atoms with Crippen LogP contribution in [0.1, 0.15) is 37.9 Å². The Morgan fingerprint density at radius 2 is 2.28 bits per heavy atom. The fourth-order valence-electron chi connectivity index (χ4n) is 1.47. The summed E-state index contributed by atoms with van der Waals surface area (Å²) in [5.41, 5.74) is 0.725. The smallest absolute Gasteiger partial charge is 0.305 e. The van der Waals surface area contributed by atoms with Gasteiger partial charge in [-0.15, -0.1) is 0 Å². The maximum absolute atomic E-state index is 11.3. The van der Waals surface area contributed by atoms with Crippen molar-refractivity contribution in [1.82, 2.24) is 0 Å². The van der Waals surface area contributed by atoms with Crippen LogP contribution in [0, 0.1) is 0 Å². The van der Waals surface area contributed by atoms with Crippen LogP contribution in [0.5, 0.6) is 0 Å². The van der Waals surface area contributed by atoms with Gasteiger partial charge < -0.3 is 9.84 Å². The first kappa shape index (κ1) is 15.5. The van der Waals surface area contributed by atoms with Crippen molar-refractivity contribution in [3.63, 3.8) is 0 Å². The molecule has 1 atom stereocenters. The first-order valence-corrected chi connectivity index (χ1v) is 7.00. The predicted molar refractivity (Wildman–Crippen MR) is 74.6 cm³/mol. The van der Waals surface area contributed by atoms with Gasteiger partial charge in [0.05, 0.1) is 12.7 Å². The van der Waals surface area contributed by atoms with E-state index in [2.05, 4.69) is 15.9 Å². The van der Waals surface area contributed by atoms with Crippen LogP contribution in [-0.2, 0) is 9.53 Å². The number of halogens is 2. The Bertz CT molecular complexity index is 409. The average Bonchev–Trinajstić information content (AvgIpc) is 2.33. The van der Waals surface area contributed by atoms with E-state index in [-0.39, 0.29) is 12.4 Å². The van der Waals surface area contributed by atoms with Gasteiger partial charge in [-0.3, -0.25) is 4.79 Å². The molecular formula is C13H16BrClO3. The molecule has 0 spiro atoms. The summed E-state index contributed by atoms with van der Waals surface area (Å²) in [5.74, 6) is -0.277. The van der Waals surface area contributed by atoms with Gasteiger partial charge in [-0.2, -0.15) is 0 Å². The van der Waals surface area contributed by atoms with E-state index in [0.717, 1.165) is 16.5 Å². The van der Waals surface area contributed by atoms with E-state index in [9.17, 15) is 9.90 Å². The van der Waals surface area contributed by atoms with Crippen molar-refractivity contribution in [2.75, 3.05) is 6.61 Å². The number of hydrogen-bond donors (Lipinski definition) is 1. The summed E-state index contributed by atoms with van der Waals surface area (Å²) >= 11 is 9.16. The molecule has 0 aromatic heterocycles. The summed E-state index contributed by atoms with van der Waals surface area (Å²) in [4.78, 5) is 11.3. The number of ether oxygens (including phenoxy) is 1. The lowest BCUT2D eigenvalue weighted by Gasteiger charge is -2.12. The summed E-state index contributed by atoms with van der Waals surface area (Å²) in [6.07, 6.45) is 0.640. The van der Waals surface area contributed by atoms with Crippen LogP contribution in [0.3, 0.4) is 0 Å². The molecule has 0 saturated carbocycles. The molecule has 1 unspecified atom stereocenters. The number of hydrogen-bond acceptors (Lipinski definition) is 3. The summed E-state index contributed by atoms with van der Waals surface area (Å²) in [6, 6.07) is 5.17. The molecule has 1 aromatic carbocycles. The van der Waals surface area contributed by atoms with E-state index in [1.54, 1.807) is 18.2 Å². The molecule has 0 aliphatic carbocycles. The lowest BCUT2D eigenvalue weighted by atomic mass is 10.1. The van der Waals surface area contributed by atoms with Crippen LogP contribution in [0.2, 0.25) is 5.02 Å². The predicted octanol–water partition coefficient (Wildman–Crippen LogP) is 3.87. The molecular weight excluding hydrogens is 319 g/mol. The van der Waals surface area contributed by atoms with Crippen molar-refractivity contribution in [1.29, 1.82) is 0 Å². The molecule has 0 bridgehead atoms. The van der Waals surface area contributed by atoms with Crippen molar-refractivity contribution in [2.24, 2.45) is 0 Å². The normalized spacial score (nSPS) is 12.2. The van der Waals surface area contributed by atoms with Gasteiger partial charge in [0, 0.05) is 15.9 Å². The van der Waals surface area contributed by atoms with Gasteiger partial charge in [-0.1, -0.05) is 40.5 Å². The molecule has 0 amide bonds. The topological polar surface area (TPSA) is 46.5 Å². The molecule has 0 saturated heterocycles. The summed E-state index contributed by atoms with van der Waals surface area (Å²) in [7, 11) is 0. The zero-order chi connectivity index (χ0) is 13.5. The van der Waals surface area contributed by atoms with Gasteiger partial charge in [-0.25, -0.2) is 0 Å². The highest BCUT2D eigenvalue weighted by atomic mass is 79.9. The Balaban J connectivity index is 2.50. The second-order valence-electron chi connectivity index (χ2n) is 3.94. The minimum Gasteiger partial charge on any atom is -0.466 e. The van der Waals surface area contributed by atoms with Crippen molar-refractivity contribution in [3.8, 4) is 0 Å². The highest BCUT2D eigenvalue weighted by Crippen LogP contribution is 2.29. The SMILES string of the molecule is CCCOC(=O)CCC(O)c1ccc(Cl)cc1Br. The molecule has 1 rings (SSSR count). The minimum atomic E-state index is -0.703. The van der Waals surface area contributed by atoms with Crippen molar-refractivity contribution in [3.05, 3.63) is 33.3 Å². The fourth-order valence-corrected chi connectivity index (χ4v) is 2.42. The highest BCUT2D eigenvalue weighted by molar-refractivity contribution is 9.10. The molecule has 3 nitrogen and oxygen atoms in total. The van der Waals surface area contributed by atoms with Crippen LogP contribution in [-0.4, -0.2) is 17.7 Å². The Morgan fingerprint density at radius 3 is 2.89 bits per heavy atom. The summed E-state index contributed by atoms with van der Waals surface area (Å²) < 4.78 is 5.68. The molecule has 0 fully saturated rings. The van der Waals surface area contributed by atoms with E-state index in [1.165, 1.54) is 0 Å². The third-order valence-corrected chi connectivity index (χ3v) is 3.33. The van der Waals surface area contributed by atoms with E-state index in [0.29, 0.717) is 18.1 Å². The molecule has 18 heavy (non-hydrogen) atoms. The van der Waals surface area contributed by atoms with Gasteiger partial charge in [0.2, 0.25) is 0 Å². The molecule has 0 aliphatic heterocycles. The standard InChI is InChI=1S/C13H16BrClO3/c1-2-7-18-13(17)6-5-12(16)10-4-3-9(15)8-11(10)14/h3-4,8,12,16H,2,5-7H2,1H3. The molecule has 1 aromatic rings. The maximum atomic E-state index is 11.3. The Kier molecular flexibility index (Phi) is 6.68. The van der Waals surface area contributed by atoms with Crippen molar-refractivity contribution < 1.29 is 14.6 Å². The van der Waals surface area contributed by atoms with Crippen LogP contribution < -0.4 is 0 Å². The monoisotopic (exact) mass is 334 g/mol. The van der Waals surface area contributed by atoms with Crippen LogP contribution in [0.15, 0.2) is 22.7 Å². The van der Waals surface area contributed by atoms with E-state index in [4.69, 9.17) is 16.3 Å². The molecule has 100 valence electrons. The Morgan fingerprint density at radius 1 is 1.56 bits per heavy atom. The largest absolute Gasteiger partial charge is 0.466 e. The second kappa shape index (κ2) is 7.77. The third kappa shape index (κ3) is 4.96. The van der Waals surface area contributed by atoms with Crippen molar-refractivity contribution in [2.45, 2.75) is 32.3 Å². The van der Waals surface area contributed by atoms with Crippen LogP contribution >= 0.6 is 27.5 Å². The third-order valence-electron chi connectivity index (χ3n) is 2.41. The number of benzene rings is 1. The molecule has 5 heteroatoms.